The van der Waals surface area contributed by atoms with Crippen molar-refractivity contribution in [2.45, 2.75) is 46.8 Å². The number of carbonyl (C=O) groups is 1. The van der Waals surface area contributed by atoms with Gasteiger partial charge in [-0.3, -0.25) is 4.57 Å². The monoisotopic (exact) mass is 344 g/mol. The van der Waals surface area contributed by atoms with E-state index in [2.05, 4.69) is 0 Å². The largest absolute Gasteiger partial charge is 0.482 e. The molecule has 0 unspecified atom stereocenters. The lowest BCUT2D eigenvalue weighted by Crippen LogP contribution is -2.17. The van der Waals surface area contributed by atoms with Crippen LogP contribution < -0.4 is 10.0 Å². The smallest absolute Gasteiger partial charge is 0.361 e. The maximum atomic E-state index is 12.9. The van der Waals surface area contributed by atoms with Gasteiger partial charge in [-0.15, -0.1) is 0 Å². The summed E-state index contributed by atoms with van der Waals surface area (Å²) in [7, 11) is -3.40. The van der Waals surface area contributed by atoms with Crippen molar-refractivity contribution in [1.29, 1.82) is 0 Å². The maximum Gasteiger partial charge on any atom is 0.361 e. The van der Waals surface area contributed by atoms with Crippen LogP contribution >= 0.6 is 7.60 Å². The second-order valence-corrected chi connectivity index (χ2v) is 7.33. The predicted molar refractivity (Wildman–Crippen MR) is 88.3 cm³/mol. The van der Waals surface area contributed by atoms with Crippen molar-refractivity contribution >= 4 is 18.9 Å². The van der Waals surface area contributed by atoms with Crippen molar-refractivity contribution in [2.75, 3.05) is 13.2 Å². The molecular weight excluding hydrogens is 319 g/mol. The zero-order valence-corrected chi connectivity index (χ0v) is 15.2. The van der Waals surface area contributed by atoms with Crippen LogP contribution in [0.25, 0.3) is 0 Å². The molecule has 0 bridgehead atoms. The lowest BCUT2D eigenvalue weighted by Gasteiger charge is -2.23. The highest BCUT2D eigenvalue weighted by Gasteiger charge is 2.30. The van der Waals surface area contributed by atoms with E-state index < -0.39 is 13.6 Å². The Morgan fingerprint density at radius 2 is 1.57 bits per heavy atom. The van der Waals surface area contributed by atoms with Gasteiger partial charge < -0.3 is 18.5 Å². The van der Waals surface area contributed by atoms with Crippen LogP contribution in [0.15, 0.2) is 24.3 Å². The third-order valence-electron chi connectivity index (χ3n) is 2.51. The predicted octanol–water partition coefficient (Wildman–Crippen LogP) is 3.30. The van der Waals surface area contributed by atoms with Crippen LogP contribution in [0.2, 0.25) is 0 Å². The van der Waals surface area contributed by atoms with Gasteiger partial charge >= 0.3 is 13.6 Å². The highest BCUT2D eigenvalue weighted by molar-refractivity contribution is 7.62. The summed E-state index contributed by atoms with van der Waals surface area (Å²) in [5, 5.41) is 0.448. The van der Waals surface area contributed by atoms with E-state index in [0.29, 0.717) is 17.7 Å². The molecule has 0 fully saturated rings. The average Bonchev–Trinajstić information content (AvgIpc) is 2.44. The molecule has 0 spiro atoms. The van der Waals surface area contributed by atoms with Crippen molar-refractivity contribution in [3.05, 3.63) is 24.3 Å². The molecule has 23 heavy (non-hydrogen) atoms. The first-order chi connectivity index (χ1) is 10.8. The highest BCUT2D eigenvalue weighted by atomic mass is 31.2. The van der Waals surface area contributed by atoms with Gasteiger partial charge in [0.25, 0.3) is 0 Å². The first-order valence-corrected chi connectivity index (χ1v) is 9.17. The fraction of sp³-hybridized carbons (Fsp3) is 0.562. The van der Waals surface area contributed by atoms with E-state index in [1.165, 1.54) is 0 Å². The number of esters is 1. The summed E-state index contributed by atoms with van der Waals surface area (Å²) >= 11 is 0. The summed E-state index contributed by atoms with van der Waals surface area (Å²) in [4.78, 5) is 11.3. The maximum absolute atomic E-state index is 12.9. The Bertz CT molecular complexity index is 524. The van der Waals surface area contributed by atoms with Gasteiger partial charge in [0.1, 0.15) is 5.75 Å². The van der Waals surface area contributed by atoms with Crippen molar-refractivity contribution < 1.29 is 27.9 Å². The number of ether oxygens (including phenoxy) is 2. The molecule has 0 heterocycles. The normalized spacial score (nSPS) is 11.8. The fourth-order valence-corrected chi connectivity index (χ4v) is 3.69. The van der Waals surface area contributed by atoms with Crippen LogP contribution in [-0.2, 0) is 23.1 Å². The van der Waals surface area contributed by atoms with Gasteiger partial charge in [-0.25, -0.2) is 4.79 Å². The number of hydrogen-bond donors (Lipinski definition) is 0. The van der Waals surface area contributed by atoms with Crippen molar-refractivity contribution in [3.63, 3.8) is 0 Å². The molecule has 6 nitrogen and oxygen atoms in total. The highest BCUT2D eigenvalue weighted by Crippen LogP contribution is 2.49. The zero-order valence-electron chi connectivity index (χ0n) is 14.3. The molecular formula is C16H25O6P. The van der Waals surface area contributed by atoms with E-state index in [-0.39, 0.29) is 18.8 Å². The summed E-state index contributed by atoms with van der Waals surface area (Å²) in [5.41, 5.74) is 0. The van der Waals surface area contributed by atoms with Crippen molar-refractivity contribution in [3.8, 4) is 5.75 Å². The van der Waals surface area contributed by atoms with E-state index in [9.17, 15) is 9.36 Å². The lowest BCUT2D eigenvalue weighted by molar-refractivity contribution is -0.145. The zero-order chi connectivity index (χ0) is 17.5. The minimum absolute atomic E-state index is 0.171. The van der Waals surface area contributed by atoms with Crippen LogP contribution in [-0.4, -0.2) is 31.4 Å². The second-order valence-electron chi connectivity index (χ2n) is 5.39. The number of hydrogen-bond acceptors (Lipinski definition) is 6. The molecule has 1 rings (SSSR count). The molecule has 0 aromatic heterocycles. The molecule has 0 amide bonds. The Morgan fingerprint density at radius 1 is 1.04 bits per heavy atom. The SMILES string of the molecule is CCOC(=O)COc1ccc(P(=O)(OC(C)C)OC(C)C)cc1. The molecule has 0 aliphatic heterocycles. The van der Waals surface area contributed by atoms with Crippen molar-refractivity contribution in [1.82, 2.24) is 0 Å². The number of carbonyl (C=O) groups excluding carboxylic acids is 1. The third-order valence-corrected chi connectivity index (χ3v) is 4.84. The molecule has 1 aromatic carbocycles. The average molecular weight is 344 g/mol. The van der Waals surface area contributed by atoms with Crippen molar-refractivity contribution in [2.24, 2.45) is 0 Å². The summed E-state index contributed by atoms with van der Waals surface area (Å²) < 4.78 is 34.1. The van der Waals surface area contributed by atoms with Crippen LogP contribution in [0.4, 0.5) is 0 Å². The number of benzene rings is 1. The summed E-state index contributed by atoms with van der Waals surface area (Å²) in [5.74, 6) is 0.0379. The molecule has 0 aliphatic rings. The second kappa shape index (κ2) is 9.06. The van der Waals surface area contributed by atoms with Gasteiger partial charge in [0, 0.05) is 0 Å². The third kappa shape index (κ3) is 6.73. The van der Waals surface area contributed by atoms with Crippen LogP contribution in [0.5, 0.6) is 5.75 Å². The molecule has 7 heteroatoms. The summed E-state index contributed by atoms with van der Waals surface area (Å²) in [6, 6.07) is 6.47. The van der Waals surface area contributed by atoms with Crippen LogP contribution in [0, 0.1) is 0 Å². The van der Waals surface area contributed by atoms with Gasteiger partial charge in [-0.05, 0) is 58.9 Å². The summed E-state index contributed by atoms with van der Waals surface area (Å²) in [6.07, 6.45) is -0.473. The van der Waals surface area contributed by atoms with Gasteiger partial charge in [0.05, 0.1) is 24.1 Å². The van der Waals surface area contributed by atoms with E-state index in [4.69, 9.17) is 18.5 Å². The minimum Gasteiger partial charge on any atom is -0.482 e. The molecule has 0 saturated heterocycles. The first-order valence-electron chi connectivity index (χ1n) is 7.62. The topological polar surface area (TPSA) is 71.1 Å². The van der Waals surface area contributed by atoms with Gasteiger partial charge in [-0.1, -0.05) is 0 Å². The van der Waals surface area contributed by atoms with Crippen LogP contribution in [0.3, 0.4) is 0 Å². The quantitative estimate of drug-likeness (QED) is 0.506. The first kappa shape index (κ1) is 19.7. The minimum atomic E-state index is -3.40. The van der Waals surface area contributed by atoms with E-state index >= 15 is 0 Å². The molecule has 1 aromatic rings. The Labute approximate surface area is 137 Å². The van der Waals surface area contributed by atoms with E-state index in [1.54, 1.807) is 58.9 Å². The van der Waals surface area contributed by atoms with Gasteiger partial charge in [0.15, 0.2) is 6.61 Å². The van der Waals surface area contributed by atoms with E-state index in [1.807, 2.05) is 0 Å². The fourth-order valence-electron chi connectivity index (χ4n) is 1.77. The Hall–Kier alpha value is -1.36. The molecule has 130 valence electrons. The molecule has 0 saturated carbocycles. The summed E-state index contributed by atoms with van der Waals surface area (Å²) in [6.45, 7) is 9.06. The Balaban J connectivity index is 2.82. The molecule has 0 radical (unpaired) electrons. The molecule has 0 N–H and O–H groups in total. The molecule has 0 aliphatic carbocycles. The van der Waals surface area contributed by atoms with Gasteiger partial charge in [-0.2, -0.15) is 0 Å². The molecule has 0 atom stereocenters. The number of rotatable bonds is 9. The van der Waals surface area contributed by atoms with Crippen LogP contribution in [0.1, 0.15) is 34.6 Å². The lowest BCUT2D eigenvalue weighted by atomic mass is 10.3. The van der Waals surface area contributed by atoms with Gasteiger partial charge in [0.2, 0.25) is 0 Å². The Morgan fingerprint density at radius 3 is 2.00 bits per heavy atom. The van der Waals surface area contributed by atoms with E-state index in [0.717, 1.165) is 0 Å². The Kier molecular flexibility index (Phi) is 7.76. The standard InChI is InChI=1S/C16H25O6P/c1-6-19-16(17)11-20-14-7-9-15(10-8-14)23(18,21-12(2)3)22-13(4)5/h7-10,12-13H,6,11H2,1-5H3.